The second-order valence-corrected chi connectivity index (χ2v) is 6.90. The van der Waals surface area contributed by atoms with E-state index >= 15 is 0 Å². The fourth-order valence-electron chi connectivity index (χ4n) is 1.92. The second-order valence-electron chi connectivity index (χ2n) is 4.85. The van der Waals surface area contributed by atoms with Crippen molar-refractivity contribution in [3.05, 3.63) is 35.3 Å². The molecule has 1 atom stereocenters. The van der Waals surface area contributed by atoms with Gasteiger partial charge in [0.05, 0.1) is 12.9 Å². The number of nitrogens with zero attached hydrogens (tertiary/aromatic N) is 2. The first-order valence-electron chi connectivity index (χ1n) is 6.98. The Morgan fingerprint density at radius 2 is 2.18 bits per heavy atom. The number of hydrogen-bond donors (Lipinski definition) is 1. The first-order chi connectivity index (χ1) is 10.7. The van der Waals surface area contributed by atoms with Gasteiger partial charge in [0.15, 0.2) is 4.34 Å². The monoisotopic (exact) mass is 337 g/mol. The van der Waals surface area contributed by atoms with E-state index in [1.54, 1.807) is 12.6 Å². The highest BCUT2D eigenvalue weighted by molar-refractivity contribution is 8.01. The molecule has 1 N–H and O–H groups in total. The molecule has 22 heavy (non-hydrogen) atoms. The van der Waals surface area contributed by atoms with Gasteiger partial charge in [-0.15, -0.1) is 10.2 Å². The molecule has 1 aromatic carbocycles. The van der Waals surface area contributed by atoms with Gasteiger partial charge in [-0.2, -0.15) is 0 Å². The Hall–Kier alpha value is -1.60. The number of carbonyl (C=O) groups excluding carboxylic acids is 1. The Morgan fingerprint density at radius 3 is 2.82 bits per heavy atom. The van der Waals surface area contributed by atoms with Gasteiger partial charge >= 0.3 is 0 Å². The number of aryl methyl sites for hydroxylation is 1. The number of carbonyl (C=O) groups is 1. The van der Waals surface area contributed by atoms with Crippen LogP contribution in [0.15, 0.2) is 34.1 Å². The van der Waals surface area contributed by atoms with Gasteiger partial charge in [-0.1, -0.05) is 35.2 Å². The summed E-state index contributed by atoms with van der Waals surface area (Å²) in [5.74, 6) is 1.27. The van der Waals surface area contributed by atoms with Gasteiger partial charge in [-0.3, -0.25) is 4.79 Å². The quantitative estimate of drug-likeness (QED) is 0.751. The number of hydrogen-bond acceptors (Lipinski definition) is 6. The predicted octanol–water partition coefficient (Wildman–Crippen LogP) is 2.78. The van der Waals surface area contributed by atoms with Crippen molar-refractivity contribution in [1.29, 1.82) is 0 Å². The Kier molecular flexibility index (Phi) is 6.67. The summed E-state index contributed by atoms with van der Waals surface area (Å²) < 4.78 is 5.96. The number of rotatable bonds is 8. The molecule has 1 amide bonds. The Balaban J connectivity index is 1.67. The Morgan fingerprint density at radius 1 is 1.41 bits per heavy atom. The van der Waals surface area contributed by atoms with Gasteiger partial charge in [0.25, 0.3) is 0 Å². The normalized spacial score (nSPS) is 11.9. The third kappa shape index (κ3) is 5.65. The zero-order chi connectivity index (χ0) is 15.8. The summed E-state index contributed by atoms with van der Waals surface area (Å²) >= 11 is 2.86. The maximum atomic E-state index is 11.9. The molecule has 0 radical (unpaired) electrons. The molecule has 0 spiro atoms. The van der Waals surface area contributed by atoms with E-state index in [0.29, 0.717) is 5.75 Å². The molecule has 0 saturated carbocycles. The molecule has 7 heteroatoms. The predicted molar refractivity (Wildman–Crippen MR) is 89.6 cm³/mol. The third-order valence-electron chi connectivity index (χ3n) is 3.10. The zero-order valence-corrected chi connectivity index (χ0v) is 14.2. The average molecular weight is 337 g/mol. The maximum Gasteiger partial charge on any atom is 0.230 e. The van der Waals surface area contributed by atoms with Gasteiger partial charge in [0.1, 0.15) is 11.3 Å². The minimum atomic E-state index is 0.0300. The lowest BCUT2D eigenvalue weighted by molar-refractivity contribution is -0.119. The van der Waals surface area contributed by atoms with Gasteiger partial charge in [-0.25, -0.2) is 0 Å². The number of nitrogens with one attached hydrogen (secondary N) is 1. The fourth-order valence-corrected chi connectivity index (χ4v) is 3.22. The van der Waals surface area contributed by atoms with Crippen molar-refractivity contribution in [3.63, 3.8) is 0 Å². The lowest BCUT2D eigenvalue weighted by Gasteiger charge is -2.13. The first-order valence-corrected chi connectivity index (χ1v) is 8.85. The highest BCUT2D eigenvalue weighted by Crippen LogP contribution is 2.18. The summed E-state index contributed by atoms with van der Waals surface area (Å²) in [5, 5.41) is 10.6. The van der Waals surface area contributed by atoms with Crippen molar-refractivity contribution in [2.24, 2.45) is 0 Å². The van der Waals surface area contributed by atoms with E-state index in [1.807, 2.05) is 19.1 Å². The van der Waals surface area contributed by atoms with Crippen LogP contribution in [0.5, 0.6) is 5.75 Å². The molecule has 0 aliphatic heterocycles. The SMILES string of the molecule is COc1ccc(CC[C@H](C)NC(=O)CSc2nncs2)cc1. The molecule has 0 unspecified atom stereocenters. The number of aromatic nitrogens is 2. The Labute approximate surface area is 138 Å². The topological polar surface area (TPSA) is 64.1 Å². The minimum Gasteiger partial charge on any atom is -0.497 e. The van der Waals surface area contributed by atoms with Crippen LogP contribution in [0, 0.1) is 0 Å². The van der Waals surface area contributed by atoms with E-state index in [4.69, 9.17) is 4.74 Å². The second kappa shape index (κ2) is 8.75. The average Bonchev–Trinajstić information content (AvgIpc) is 3.05. The standard InChI is InChI=1S/C15H19N3O2S2/c1-11(3-4-12-5-7-13(20-2)8-6-12)17-14(19)9-21-15-18-16-10-22-15/h5-8,10-11H,3-4,9H2,1-2H3,(H,17,19)/t11-/m0/s1. The van der Waals surface area contributed by atoms with Crippen LogP contribution >= 0.6 is 23.1 Å². The summed E-state index contributed by atoms with van der Waals surface area (Å²) in [6.07, 6.45) is 1.83. The minimum absolute atomic E-state index is 0.0300. The largest absolute Gasteiger partial charge is 0.497 e. The molecule has 5 nitrogen and oxygen atoms in total. The summed E-state index contributed by atoms with van der Waals surface area (Å²) in [5.41, 5.74) is 2.91. The lowest BCUT2D eigenvalue weighted by atomic mass is 10.1. The molecule has 2 aromatic rings. The third-order valence-corrected chi connectivity index (χ3v) is 4.96. The summed E-state index contributed by atoms with van der Waals surface area (Å²) in [7, 11) is 1.66. The molecule has 0 saturated heterocycles. The van der Waals surface area contributed by atoms with Crippen LogP contribution in [0.2, 0.25) is 0 Å². The summed E-state index contributed by atoms with van der Waals surface area (Å²) in [6, 6.07) is 8.16. The van der Waals surface area contributed by atoms with Crippen LogP contribution in [0.25, 0.3) is 0 Å². The molecule has 0 fully saturated rings. The van der Waals surface area contributed by atoms with E-state index in [0.717, 1.165) is 22.9 Å². The summed E-state index contributed by atoms with van der Waals surface area (Å²) in [4.78, 5) is 11.9. The van der Waals surface area contributed by atoms with Gasteiger partial charge in [-0.05, 0) is 37.5 Å². The Bertz CT molecular complexity index is 573. The number of methoxy groups -OCH3 is 1. The van der Waals surface area contributed by atoms with Gasteiger partial charge in [0, 0.05) is 6.04 Å². The maximum absolute atomic E-state index is 11.9. The van der Waals surface area contributed by atoms with Crippen molar-refractivity contribution in [2.75, 3.05) is 12.9 Å². The molecular formula is C15H19N3O2S2. The molecule has 1 aromatic heterocycles. The van der Waals surface area contributed by atoms with Crippen molar-refractivity contribution < 1.29 is 9.53 Å². The van der Waals surface area contributed by atoms with Crippen LogP contribution in [0.1, 0.15) is 18.9 Å². The van der Waals surface area contributed by atoms with Crippen LogP contribution in [-0.4, -0.2) is 35.0 Å². The highest BCUT2D eigenvalue weighted by Gasteiger charge is 2.09. The molecule has 1 heterocycles. The summed E-state index contributed by atoms with van der Waals surface area (Å²) in [6.45, 7) is 2.02. The number of benzene rings is 1. The molecule has 0 aliphatic rings. The van der Waals surface area contributed by atoms with Crippen LogP contribution in [0.3, 0.4) is 0 Å². The molecule has 0 bridgehead atoms. The van der Waals surface area contributed by atoms with Crippen molar-refractivity contribution >= 4 is 29.0 Å². The highest BCUT2D eigenvalue weighted by atomic mass is 32.2. The van der Waals surface area contributed by atoms with Crippen LogP contribution in [-0.2, 0) is 11.2 Å². The van der Waals surface area contributed by atoms with Crippen molar-refractivity contribution in [3.8, 4) is 5.75 Å². The van der Waals surface area contributed by atoms with E-state index in [1.165, 1.54) is 28.7 Å². The van der Waals surface area contributed by atoms with E-state index < -0.39 is 0 Å². The van der Waals surface area contributed by atoms with Crippen LogP contribution in [0.4, 0.5) is 0 Å². The first kappa shape index (κ1) is 16.8. The molecular weight excluding hydrogens is 318 g/mol. The van der Waals surface area contributed by atoms with Gasteiger partial charge < -0.3 is 10.1 Å². The van der Waals surface area contributed by atoms with E-state index in [9.17, 15) is 4.79 Å². The van der Waals surface area contributed by atoms with Gasteiger partial charge in [0.2, 0.25) is 5.91 Å². The van der Waals surface area contributed by atoms with E-state index in [2.05, 4.69) is 27.6 Å². The number of thioether (sulfide) groups is 1. The van der Waals surface area contributed by atoms with Crippen molar-refractivity contribution in [2.45, 2.75) is 30.1 Å². The van der Waals surface area contributed by atoms with Crippen LogP contribution < -0.4 is 10.1 Å². The van der Waals surface area contributed by atoms with E-state index in [-0.39, 0.29) is 11.9 Å². The smallest absolute Gasteiger partial charge is 0.230 e. The molecule has 0 aliphatic carbocycles. The molecule has 118 valence electrons. The lowest BCUT2D eigenvalue weighted by Crippen LogP contribution is -2.34. The number of amides is 1. The van der Waals surface area contributed by atoms with Crippen molar-refractivity contribution in [1.82, 2.24) is 15.5 Å². The zero-order valence-electron chi connectivity index (χ0n) is 12.6. The molecule has 2 rings (SSSR count). The number of ether oxygens (including phenoxy) is 1. The fraction of sp³-hybridized carbons (Fsp3) is 0.400.